The van der Waals surface area contributed by atoms with E-state index >= 15 is 0 Å². The van der Waals surface area contributed by atoms with Gasteiger partial charge in [0, 0.05) is 6.20 Å². The molecule has 0 spiro atoms. The maximum atomic E-state index is 5.64. The van der Waals surface area contributed by atoms with Crippen LogP contribution < -0.4 is 10.5 Å². The molecule has 0 radical (unpaired) electrons. The summed E-state index contributed by atoms with van der Waals surface area (Å²) in [6.45, 7) is 4.05. The Kier molecular flexibility index (Phi) is 2.91. The van der Waals surface area contributed by atoms with Crippen LogP contribution in [0.5, 0.6) is 5.88 Å². The third-order valence-corrected chi connectivity index (χ3v) is 1.69. The van der Waals surface area contributed by atoms with Crippen molar-refractivity contribution in [2.45, 2.75) is 26.4 Å². The SMILES string of the molecule is CCC(C)Oc1ncccc1N. The van der Waals surface area contributed by atoms with Crippen LogP contribution in [-0.4, -0.2) is 11.1 Å². The quantitative estimate of drug-likeness (QED) is 0.745. The first-order chi connectivity index (χ1) is 5.74. The lowest BCUT2D eigenvalue weighted by Gasteiger charge is -2.12. The van der Waals surface area contributed by atoms with Crippen LogP contribution in [0.4, 0.5) is 5.69 Å². The van der Waals surface area contributed by atoms with Gasteiger partial charge in [0.15, 0.2) is 0 Å². The molecule has 0 saturated carbocycles. The van der Waals surface area contributed by atoms with E-state index in [1.54, 1.807) is 18.3 Å². The monoisotopic (exact) mass is 166 g/mol. The fraction of sp³-hybridized carbons (Fsp3) is 0.444. The van der Waals surface area contributed by atoms with Crippen LogP contribution in [0.15, 0.2) is 18.3 Å². The topological polar surface area (TPSA) is 48.1 Å². The average molecular weight is 166 g/mol. The highest BCUT2D eigenvalue weighted by Gasteiger charge is 2.04. The van der Waals surface area contributed by atoms with Gasteiger partial charge in [-0.05, 0) is 25.5 Å². The number of nitrogen functional groups attached to an aromatic ring is 1. The van der Waals surface area contributed by atoms with E-state index < -0.39 is 0 Å². The van der Waals surface area contributed by atoms with Crippen molar-refractivity contribution in [1.29, 1.82) is 0 Å². The molecule has 0 bridgehead atoms. The smallest absolute Gasteiger partial charge is 0.237 e. The zero-order valence-corrected chi connectivity index (χ0v) is 7.45. The van der Waals surface area contributed by atoms with E-state index in [9.17, 15) is 0 Å². The van der Waals surface area contributed by atoms with Gasteiger partial charge < -0.3 is 10.5 Å². The Morgan fingerprint density at radius 2 is 2.42 bits per heavy atom. The fourth-order valence-electron chi connectivity index (χ4n) is 0.776. The molecule has 2 N–H and O–H groups in total. The molecule has 0 saturated heterocycles. The minimum atomic E-state index is 0.169. The summed E-state index contributed by atoms with van der Waals surface area (Å²) in [5.41, 5.74) is 6.23. The Morgan fingerprint density at radius 1 is 1.67 bits per heavy atom. The Labute approximate surface area is 72.6 Å². The number of hydrogen-bond acceptors (Lipinski definition) is 3. The second-order valence-corrected chi connectivity index (χ2v) is 2.73. The maximum Gasteiger partial charge on any atom is 0.237 e. The Hall–Kier alpha value is -1.25. The molecule has 0 aliphatic rings. The number of hydrogen-bond donors (Lipinski definition) is 1. The minimum absolute atomic E-state index is 0.169. The van der Waals surface area contributed by atoms with Crippen molar-refractivity contribution in [2.24, 2.45) is 0 Å². The largest absolute Gasteiger partial charge is 0.473 e. The second kappa shape index (κ2) is 3.95. The number of nitrogens with zero attached hydrogens (tertiary/aromatic N) is 1. The molecule has 0 aliphatic heterocycles. The van der Waals surface area contributed by atoms with Crippen LogP contribution in [0.1, 0.15) is 20.3 Å². The third-order valence-electron chi connectivity index (χ3n) is 1.69. The molecular formula is C9H14N2O. The van der Waals surface area contributed by atoms with Gasteiger partial charge in [-0.15, -0.1) is 0 Å². The zero-order valence-electron chi connectivity index (χ0n) is 7.45. The molecule has 0 amide bonds. The average Bonchev–Trinajstić information content (AvgIpc) is 2.09. The first-order valence-electron chi connectivity index (χ1n) is 4.11. The van der Waals surface area contributed by atoms with Gasteiger partial charge in [-0.25, -0.2) is 4.98 Å². The number of anilines is 1. The number of ether oxygens (including phenoxy) is 1. The van der Waals surface area contributed by atoms with Crippen molar-refractivity contribution in [3.05, 3.63) is 18.3 Å². The normalized spacial score (nSPS) is 12.5. The lowest BCUT2D eigenvalue weighted by molar-refractivity contribution is 0.210. The molecule has 1 heterocycles. The first kappa shape index (κ1) is 8.84. The number of pyridine rings is 1. The van der Waals surface area contributed by atoms with E-state index in [2.05, 4.69) is 11.9 Å². The fourth-order valence-corrected chi connectivity index (χ4v) is 0.776. The van der Waals surface area contributed by atoms with E-state index in [4.69, 9.17) is 10.5 Å². The molecular weight excluding hydrogens is 152 g/mol. The predicted molar refractivity (Wildman–Crippen MR) is 49.0 cm³/mol. The van der Waals surface area contributed by atoms with Crippen molar-refractivity contribution in [3.63, 3.8) is 0 Å². The lowest BCUT2D eigenvalue weighted by Crippen LogP contribution is -2.11. The molecule has 12 heavy (non-hydrogen) atoms. The predicted octanol–water partition coefficient (Wildman–Crippen LogP) is 1.84. The van der Waals surface area contributed by atoms with Gasteiger partial charge in [0.1, 0.15) is 0 Å². The van der Waals surface area contributed by atoms with E-state index in [1.165, 1.54) is 0 Å². The van der Waals surface area contributed by atoms with Gasteiger partial charge in [0.2, 0.25) is 5.88 Å². The van der Waals surface area contributed by atoms with Crippen LogP contribution in [0.25, 0.3) is 0 Å². The van der Waals surface area contributed by atoms with Gasteiger partial charge in [0.25, 0.3) is 0 Å². The van der Waals surface area contributed by atoms with Gasteiger partial charge >= 0.3 is 0 Å². The van der Waals surface area contributed by atoms with Crippen molar-refractivity contribution in [3.8, 4) is 5.88 Å². The molecule has 0 aliphatic carbocycles. The van der Waals surface area contributed by atoms with Gasteiger partial charge in [-0.3, -0.25) is 0 Å². The summed E-state index contributed by atoms with van der Waals surface area (Å²) in [6.07, 6.45) is 2.80. The maximum absolute atomic E-state index is 5.64. The Morgan fingerprint density at radius 3 is 3.00 bits per heavy atom. The zero-order chi connectivity index (χ0) is 8.97. The van der Waals surface area contributed by atoms with E-state index in [0.717, 1.165) is 6.42 Å². The molecule has 1 atom stereocenters. The van der Waals surface area contributed by atoms with Crippen LogP contribution in [0.2, 0.25) is 0 Å². The van der Waals surface area contributed by atoms with Crippen LogP contribution in [0.3, 0.4) is 0 Å². The third kappa shape index (κ3) is 2.12. The van der Waals surface area contributed by atoms with Gasteiger partial charge in [0.05, 0.1) is 11.8 Å². The highest BCUT2D eigenvalue weighted by molar-refractivity contribution is 5.46. The standard InChI is InChI=1S/C9H14N2O/c1-3-7(2)12-9-8(10)5-4-6-11-9/h4-7H,3,10H2,1-2H3. The molecule has 1 unspecified atom stereocenters. The lowest BCUT2D eigenvalue weighted by atomic mass is 10.3. The minimum Gasteiger partial charge on any atom is -0.473 e. The number of aromatic nitrogens is 1. The van der Waals surface area contributed by atoms with E-state index in [0.29, 0.717) is 11.6 Å². The number of nitrogens with two attached hydrogens (primary N) is 1. The van der Waals surface area contributed by atoms with Crippen LogP contribution in [0, 0.1) is 0 Å². The molecule has 3 nitrogen and oxygen atoms in total. The molecule has 1 rings (SSSR count). The molecule has 0 aromatic carbocycles. The molecule has 1 aromatic heterocycles. The first-order valence-corrected chi connectivity index (χ1v) is 4.11. The van der Waals surface area contributed by atoms with Crippen molar-refractivity contribution >= 4 is 5.69 Å². The summed E-state index contributed by atoms with van der Waals surface area (Å²) < 4.78 is 5.46. The molecule has 1 aromatic rings. The molecule has 0 fully saturated rings. The van der Waals surface area contributed by atoms with Crippen molar-refractivity contribution in [1.82, 2.24) is 4.98 Å². The highest BCUT2D eigenvalue weighted by Crippen LogP contribution is 2.17. The van der Waals surface area contributed by atoms with Crippen molar-refractivity contribution in [2.75, 3.05) is 5.73 Å². The Balaban J connectivity index is 2.69. The summed E-state index contributed by atoms with van der Waals surface area (Å²) in [7, 11) is 0. The second-order valence-electron chi connectivity index (χ2n) is 2.73. The Bertz CT molecular complexity index is 250. The summed E-state index contributed by atoms with van der Waals surface area (Å²) in [5, 5.41) is 0. The number of rotatable bonds is 3. The highest BCUT2D eigenvalue weighted by atomic mass is 16.5. The van der Waals surface area contributed by atoms with Crippen LogP contribution >= 0.6 is 0 Å². The summed E-state index contributed by atoms with van der Waals surface area (Å²) in [5.74, 6) is 0.534. The van der Waals surface area contributed by atoms with Gasteiger partial charge in [-0.1, -0.05) is 6.92 Å². The summed E-state index contributed by atoms with van der Waals surface area (Å²) in [6, 6.07) is 3.57. The summed E-state index contributed by atoms with van der Waals surface area (Å²) in [4.78, 5) is 4.02. The van der Waals surface area contributed by atoms with E-state index in [-0.39, 0.29) is 6.10 Å². The summed E-state index contributed by atoms with van der Waals surface area (Å²) >= 11 is 0. The van der Waals surface area contributed by atoms with Crippen molar-refractivity contribution < 1.29 is 4.74 Å². The molecule has 3 heteroatoms. The van der Waals surface area contributed by atoms with Gasteiger partial charge in [-0.2, -0.15) is 0 Å². The molecule has 66 valence electrons. The van der Waals surface area contributed by atoms with E-state index in [1.807, 2.05) is 6.92 Å². The van der Waals surface area contributed by atoms with Crippen LogP contribution in [-0.2, 0) is 0 Å².